The van der Waals surface area contributed by atoms with Gasteiger partial charge in [-0.25, -0.2) is 8.78 Å². The van der Waals surface area contributed by atoms with Gasteiger partial charge in [0, 0.05) is 50.4 Å². The van der Waals surface area contributed by atoms with Crippen molar-refractivity contribution >= 4 is 29.0 Å². The molecule has 4 N–H and O–H groups in total. The lowest BCUT2D eigenvalue weighted by Gasteiger charge is -2.31. The standard InChI is InChI=1S/C24H28F2N8O2/c1-2-21(35)33-8-6-15(7-9-33)13-34-14-17(12-29-34)30-20-10-19(23(24(27)36)32-31-20)28-11-16-4-3-5-18(25)22(16)26/h3-5,10,12,14-15H,2,6-9,11,13H2,1H3,(H2,27,36)(H2,28,30,31). The van der Waals surface area contributed by atoms with Crippen molar-refractivity contribution in [1.82, 2.24) is 24.9 Å². The van der Waals surface area contributed by atoms with Gasteiger partial charge in [0.2, 0.25) is 5.91 Å². The molecule has 3 aromatic rings. The summed E-state index contributed by atoms with van der Waals surface area (Å²) in [6, 6.07) is 5.37. The van der Waals surface area contributed by atoms with Crippen LogP contribution in [0.4, 0.5) is 26.0 Å². The Hall–Kier alpha value is -4.09. The molecule has 1 aliphatic heterocycles. The van der Waals surface area contributed by atoms with E-state index in [2.05, 4.69) is 25.9 Å². The number of nitrogens with one attached hydrogen (secondary N) is 2. The molecule has 4 rings (SSSR count). The normalized spacial score (nSPS) is 14.0. The summed E-state index contributed by atoms with van der Waals surface area (Å²) in [4.78, 5) is 25.6. The van der Waals surface area contributed by atoms with Crippen LogP contribution in [0.15, 0.2) is 36.7 Å². The summed E-state index contributed by atoms with van der Waals surface area (Å²) in [6.45, 7) is 4.05. The van der Waals surface area contributed by atoms with E-state index in [4.69, 9.17) is 5.73 Å². The number of likely N-dealkylation sites (tertiary alicyclic amines) is 1. The van der Waals surface area contributed by atoms with Crippen molar-refractivity contribution in [2.45, 2.75) is 39.3 Å². The Bertz CT molecular complexity index is 1240. The summed E-state index contributed by atoms with van der Waals surface area (Å²) in [5, 5.41) is 18.2. The third-order valence-corrected chi connectivity index (χ3v) is 6.15. The van der Waals surface area contributed by atoms with Crippen LogP contribution < -0.4 is 16.4 Å². The summed E-state index contributed by atoms with van der Waals surface area (Å²) < 4.78 is 29.3. The van der Waals surface area contributed by atoms with Crippen molar-refractivity contribution in [2.75, 3.05) is 23.7 Å². The molecule has 1 aromatic carbocycles. The Morgan fingerprint density at radius 3 is 2.69 bits per heavy atom. The highest BCUT2D eigenvalue weighted by Gasteiger charge is 2.22. The SMILES string of the molecule is CCC(=O)N1CCC(Cn2cc(Nc3cc(NCc4cccc(F)c4F)c(C(N)=O)nn3)cn2)CC1. The summed E-state index contributed by atoms with van der Waals surface area (Å²) in [6.07, 6.45) is 5.86. The van der Waals surface area contributed by atoms with Crippen molar-refractivity contribution in [2.24, 2.45) is 11.7 Å². The number of hydrogen-bond acceptors (Lipinski definition) is 7. The number of carbonyl (C=O) groups is 2. The zero-order valence-electron chi connectivity index (χ0n) is 19.9. The number of nitrogens with zero attached hydrogens (tertiary/aromatic N) is 5. The largest absolute Gasteiger partial charge is 0.379 e. The van der Waals surface area contributed by atoms with E-state index in [1.165, 1.54) is 18.2 Å². The number of amides is 2. The summed E-state index contributed by atoms with van der Waals surface area (Å²) in [7, 11) is 0. The van der Waals surface area contributed by atoms with Gasteiger partial charge in [-0.15, -0.1) is 10.2 Å². The second-order valence-corrected chi connectivity index (χ2v) is 8.68. The van der Waals surface area contributed by atoms with Gasteiger partial charge in [-0.1, -0.05) is 19.1 Å². The van der Waals surface area contributed by atoms with E-state index in [-0.39, 0.29) is 29.4 Å². The first-order valence-electron chi connectivity index (χ1n) is 11.8. The number of nitrogens with two attached hydrogens (primary N) is 1. The van der Waals surface area contributed by atoms with Crippen LogP contribution in [0.25, 0.3) is 0 Å². The molecule has 36 heavy (non-hydrogen) atoms. The van der Waals surface area contributed by atoms with Gasteiger partial charge in [-0.3, -0.25) is 14.3 Å². The first-order chi connectivity index (χ1) is 17.3. The number of primary amides is 1. The maximum absolute atomic E-state index is 14.0. The smallest absolute Gasteiger partial charge is 0.271 e. The third kappa shape index (κ3) is 5.93. The molecule has 0 unspecified atom stereocenters. The molecule has 0 spiro atoms. The molecule has 190 valence electrons. The zero-order chi connectivity index (χ0) is 25.7. The molecule has 0 bridgehead atoms. The highest BCUT2D eigenvalue weighted by Crippen LogP contribution is 2.23. The molecule has 0 saturated carbocycles. The van der Waals surface area contributed by atoms with Crippen molar-refractivity contribution in [3.8, 4) is 0 Å². The molecule has 0 aliphatic carbocycles. The molecule has 2 amide bonds. The fourth-order valence-electron chi connectivity index (χ4n) is 4.17. The second-order valence-electron chi connectivity index (χ2n) is 8.68. The molecular formula is C24H28F2N8O2. The minimum atomic E-state index is -0.971. The van der Waals surface area contributed by atoms with Gasteiger partial charge in [0.05, 0.1) is 17.6 Å². The van der Waals surface area contributed by atoms with Crippen LogP contribution in [-0.4, -0.2) is 49.8 Å². The molecule has 1 saturated heterocycles. The number of carbonyl (C=O) groups excluding carboxylic acids is 2. The van der Waals surface area contributed by atoms with Crippen LogP contribution in [0.1, 0.15) is 42.2 Å². The van der Waals surface area contributed by atoms with Crippen LogP contribution in [-0.2, 0) is 17.9 Å². The van der Waals surface area contributed by atoms with E-state index in [9.17, 15) is 18.4 Å². The maximum Gasteiger partial charge on any atom is 0.271 e. The Kier molecular flexibility index (Phi) is 7.71. The van der Waals surface area contributed by atoms with E-state index in [0.29, 0.717) is 23.8 Å². The lowest BCUT2D eigenvalue weighted by Crippen LogP contribution is -2.38. The number of anilines is 3. The summed E-state index contributed by atoms with van der Waals surface area (Å²) in [5.41, 5.74) is 6.25. The van der Waals surface area contributed by atoms with Crippen LogP contribution in [0.5, 0.6) is 0 Å². The first kappa shape index (κ1) is 25.0. The first-order valence-corrected chi connectivity index (χ1v) is 11.8. The number of halogens is 2. The van der Waals surface area contributed by atoms with Crippen molar-refractivity contribution in [3.05, 3.63) is 59.6 Å². The lowest BCUT2D eigenvalue weighted by molar-refractivity contribution is -0.132. The van der Waals surface area contributed by atoms with Crippen molar-refractivity contribution in [3.63, 3.8) is 0 Å². The van der Waals surface area contributed by atoms with Gasteiger partial charge in [0.1, 0.15) is 0 Å². The highest BCUT2D eigenvalue weighted by atomic mass is 19.2. The van der Waals surface area contributed by atoms with Gasteiger partial charge in [0.25, 0.3) is 5.91 Å². The Morgan fingerprint density at radius 2 is 1.97 bits per heavy atom. The zero-order valence-corrected chi connectivity index (χ0v) is 19.9. The topological polar surface area (TPSA) is 131 Å². The minimum Gasteiger partial charge on any atom is -0.379 e. The Balaban J connectivity index is 1.40. The van der Waals surface area contributed by atoms with Crippen LogP contribution in [0, 0.1) is 17.6 Å². The fourth-order valence-corrected chi connectivity index (χ4v) is 4.17. The van der Waals surface area contributed by atoms with Gasteiger partial charge < -0.3 is 21.3 Å². The van der Waals surface area contributed by atoms with E-state index in [0.717, 1.165) is 38.5 Å². The molecular weight excluding hydrogens is 470 g/mol. The molecule has 10 nitrogen and oxygen atoms in total. The molecule has 1 fully saturated rings. The molecule has 0 atom stereocenters. The third-order valence-electron chi connectivity index (χ3n) is 6.15. The van der Waals surface area contributed by atoms with E-state index in [1.807, 2.05) is 22.7 Å². The van der Waals surface area contributed by atoms with Gasteiger partial charge >= 0.3 is 0 Å². The average molecular weight is 499 g/mol. The maximum atomic E-state index is 14.0. The number of hydrogen-bond donors (Lipinski definition) is 3. The van der Waals surface area contributed by atoms with E-state index < -0.39 is 17.5 Å². The van der Waals surface area contributed by atoms with Crippen molar-refractivity contribution in [1.29, 1.82) is 0 Å². The van der Waals surface area contributed by atoms with E-state index >= 15 is 0 Å². The minimum absolute atomic E-state index is 0.0860. The summed E-state index contributed by atoms with van der Waals surface area (Å²) >= 11 is 0. The predicted molar refractivity (Wildman–Crippen MR) is 129 cm³/mol. The second kappa shape index (κ2) is 11.1. The Morgan fingerprint density at radius 1 is 1.19 bits per heavy atom. The van der Waals surface area contributed by atoms with E-state index in [1.54, 1.807) is 6.20 Å². The predicted octanol–water partition coefficient (Wildman–Crippen LogP) is 3.05. The lowest BCUT2D eigenvalue weighted by atomic mass is 9.96. The molecule has 1 aliphatic rings. The fraction of sp³-hybridized carbons (Fsp3) is 0.375. The van der Waals surface area contributed by atoms with Gasteiger partial charge in [0.15, 0.2) is 23.1 Å². The molecule has 12 heteroatoms. The monoisotopic (exact) mass is 498 g/mol. The molecule has 2 aromatic heterocycles. The Labute approximate surface area is 206 Å². The van der Waals surface area contributed by atoms with Crippen LogP contribution in [0.2, 0.25) is 0 Å². The number of rotatable bonds is 9. The quantitative estimate of drug-likeness (QED) is 0.413. The average Bonchev–Trinajstić information content (AvgIpc) is 3.31. The van der Waals surface area contributed by atoms with Crippen LogP contribution in [0.3, 0.4) is 0 Å². The summed E-state index contributed by atoms with van der Waals surface area (Å²) in [5.74, 6) is -1.81. The van der Waals surface area contributed by atoms with Gasteiger partial charge in [-0.05, 0) is 24.8 Å². The van der Waals surface area contributed by atoms with Crippen LogP contribution >= 0.6 is 0 Å². The molecule has 0 radical (unpaired) electrons. The van der Waals surface area contributed by atoms with Crippen molar-refractivity contribution < 1.29 is 18.4 Å². The highest BCUT2D eigenvalue weighted by molar-refractivity contribution is 5.96. The number of benzene rings is 1. The van der Waals surface area contributed by atoms with Gasteiger partial charge in [-0.2, -0.15) is 5.10 Å². The number of aromatic nitrogens is 4. The number of piperidine rings is 1. The molecule has 3 heterocycles.